The predicted octanol–water partition coefficient (Wildman–Crippen LogP) is 1.54. The van der Waals surface area contributed by atoms with E-state index in [0.717, 1.165) is 5.69 Å². The lowest BCUT2D eigenvalue weighted by atomic mass is 10.2. The van der Waals surface area contributed by atoms with Crippen LogP contribution >= 0.6 is 0 Å². The zero-order chi connectivity index (χ0) is 12.1. The summed E-state index contributed by atoms with van der Waals surface area (Å²) in [7, 11) is 0. The van der Waals surface area contributed by atoms with Crippen LogP contribution in [0.25, 0.3) is 0 Å². The number of nitriles is 1. The summed E-state index contributed by atoms with van der Waals surface area (Å²) in [5.74, 6) is 1.06. The molecule has 0 spiro atoms. The van der Waals surface area contributed by atoms with Gasteiger partial charge in [0.15, 0.2) is 0 Å². The molecule has 0 bridgehead atoms. The zero-order valence-corrected chi connectivity index (χ0v) is 9.09. The van der Waals surface area contributed by atoms with Gasteiger partial charge in [-0.05, 0) is 24.3 Å². The van der Waals surface area contributed by atoms with Crippen molar-refractivity contribution < 1.29 is 0 Å². The normalized spacial score (nSPS) is 9.59. The summed E-state index contributed by atoms with van der Waals surface area (Å²) in [6, 6.07) is 10.9. The van der Waals surface area contributed by atoms with Crippen molar-refractivity contribution in [3.63, 3.8) is 0 Å². The lowest BCUT2D eigenvalue weighted by molar-refractivity contribution is 0.954. The maximum Gasteiger partial charge on any atom is 0.149 e. The van der Waals surface area contributed by atoms with Gasteiger partial charge in [0.25, 0.3) is 0 Å². The van der Waals surface area contributed by atoms with E-state index in [1.165, 1.54) is 0 Å². The van der Waals surface area contributed by atoms with Crippen LogP contribution in [-0.4, -0.2) is 9.97 Å². The number of hydrogen-bond donors (Lipinski definition) is 2. The summed E-state index contributed by atoms with van der Waals surface area (Å²) in [6.45, 7) is 0.472. The second-order valence-corrected chi connectivity index (χ2v) is 3.44. The minimum atomic E-state index is 0.447. The molecular formula is C12H11N5. The van der Waals surface area contributed by atoms with Crippen LogP contribution in [-0.2, 0) is 6.54 Å². The van der Waals surface area contributed by atoms with Gasteiger partial charge in [0.2, 0.25) is 0 Å². The number of rotatable bonds is 3. The Balaban J connectivity index is 2.05. The van der Waals surface area contributed by atoms with Crippen molar-refractivity contribution in [2.45, 2.75) is 6.54 Å². The predicted molar refractivity (Wildman–Crippen MR) is 64.9 cm³/mol. The Morgan fingerprint density at radius 3 is 3.00 bits per heavy atom. The van der Waals surface area contributed by atoms with E-state index in [2.05, 4.69) is 21.4 Å². The first-order valence-electron chi connectivity index (χ1n) is 5.09. The van der Waals surface area contributed by atoms with Crippen LogP contribution in [0.1, 0.15) is 11.4 Å². The van der Waals surface area contributed by atoms with Crippen LogP contribution in [0.2, 0.25) is 0 Å². The summed E-state index contributed by atoms with van der Waals surface area (Å²) < 4.78 is 0. The van der Waals surface area contributed by atoms with Crippen LogP contribution in [0.5, 0.6) is 0 Å². The highest BCUT2D eigenvalue weighted by Crippen LogP contribution is 2.10. The Morgan fingerprint density at radius 1 is 1.35 bits per heavy atom. The zero-order valence-electron chi connectivity index (χ0n) is 9.09. The summed E-state index contributed by atoms with van der Waals surface area (Å²) in [5, 5.41) is 11.9. The first kappa shape index (κ1) is 10.9. The van der Waals surface area contributed by atoms with Crippen molar-refractivity contribution in [1.29, 1.82) is 5.26 Å². The van der Waals surface area contributed by atoms with Gasteiger partial charge in [-0.3, -0.25) is 0 Å². The number of nitrogens with two attached hydrogens (primary N) is 1. The lowest BCUT2D eigenvalue weighted by Crippen LogP contribution is -2.05. The van der Waals surface area contributed by atoms with Gasteiger partial charge in [-0.25, -0.2) is 9.97 Å². The molecule has 1 aromatic carbocycles. The average Bonchev–Trinajstić information content (AvgIpc) is 2.37. The molecule has 3 N–H and O–H groups in total. The van der Waals surface area contributed by atoms with Gasteiger partial charge >= 0.3 is 0 Å². The molecule has 0 aliphatic carbocycles. The lowest BCUT2D eigenvalue weighted by Gasteiger charge is -2.05. The molecule has 5 heteroatoms. The number of nitrogens with zero attached hydrogens (tertiary/aromatic N) is 3. The molecule has 84 valence electrons. The van der Waals surface area contributed by atoms with E-state index in [0.29, 0.717) is 23.8 Å². The molecule has 0 aliphatic heterocycles. The third kappa shape index (κ3) is 2.92. The van der Waals surface area contributed by atoms with Crippen LogP contribution in [0, 0.1) is 11.3 Å². The first-order chi connectivity index (χ1) is 8.28. The first-order valence-corrected chi connectivity index (χ1v) is 5.09. The summed E-state index contributed by atoms with van der Waals surface area (Å²) >= 11 is 0. The fourth-order valence-electron chi connectivity index (χ4n) is 1.38. The summed E-state index contributed by atoms with van der Waals surface area (Å²) in [4.78, 5) is 8.15. The molecule has 17 heavy (non-hydrogen) atoms. The van der Waals surface area contributed by atoms with Gasteiger partial charge in [0.05, 0.1) is 18.2 Å². The maximum atomic E-state index is 8.76. The van der Waals surface area contributed by atoms with Crippen molar-refractivity contribution >= 4 is 11.5 Å². The van der Waals surface area contributed by atoms with Crippen LogP contribution in [0.15, 0.2) is 36.5 Å². The van der Waals surface area contributed by atoms with E-state index in [4.69, 9.17) is 11.0 Å². The Hall–Kier alpha value is -2.61. The number of hydrogen-bond acceptors (Lipinski definition) is 5. The number of nitrogens with one attached hydrogen (secondary N) is 1. The van der Waals surface area contributed by atoms with Crippen molar-refractivity contribution in [3.05, 3.63) is 47.9 Å². The highest BCUT2D eigenvalue weighted by Gasteiger charge is 1.98. The van der Waals surface area contributed by atoms with Gasteiger partial charge in [-0.1, -0.05) is 6.07 Å². The van der Waals surface area contributed by atoms with E-state index in [9.17, 15) is 0 Å². The minimum absolute atomic E-state index is 0.447. The van der Waals surface area contributed by atoms with Crippen molar-refractivity contribution in [2.24, 2.45) is 0 Å². The molecule has 0 aliphatic rings. The number of benzene rings is 1. The summed E-state index contributed by atoms with van der Waals surface area (Å²) in [6.07, 6.45) is 1.62. The SMILES string of the molecule is N#Cc1cccc(NCc2nccc(N)n2)c1. The average molecular weight is 225 g/mol. The molecule has 1 heterocycles. The second-order valence-electron chi connectivity index (χ2n) is 3.44. The molecule has 2 aromatic rings. The molecule has 0 amide bonds. The van der Waals surface area contributed by atoms with E-state index in [1.807, 2.05) is 12.1 Å². The topological polar surface area (TPSA) is 87.6 Å². The smallest absolute Gasteiger partial charge is 0.149 e. The quantitative estimate of drug-likeness (QED) is 0.827. The molecule has 2 rings (SSSR count). The largest absolute Gasteiger partial charge is 0.384 e. The molecule has 0 unspecified atom stereocenters. The maximum absolute atomic E-state index is 8.76. The highest BCUT2D eigenvalue weighted by atomic mass is 15.0. The Kier molecular flexibility index (Phi) is 3.17. The Bertz CT molecular complexity index is 559. The van der Waals surface area contributed by atoms with E-state index in [1.54, 1.807) is 24.4 Å². The second kappa shape index (κ2) is 4.94. The molecule has 0 saturated carbocycles. The molecule has 1 aromatic heterocycles. The van der Waals surface area contributed by atoms with E-state index < -0.39 is 0 Å². The van der Waals surface area contributed by atoms with Crippen molar-refractivity contribution in [1.82, 2.24) is 9.97 Å². The number of anilines is 2. The highest BCUT2D eigenvalue weighted by molar-refractivity contribution is 5.49. The van der Waals surface area contributed by atoms with Crippen LogP contribution in [0.3, 0.4) is 0 Å². The van der Waals surface area contributed by atoms with E-state index >= 15 is 0 Å². The van der Waals surface area contributed by atoms with E-state index in [-0.39, 0.29) is 0 Å². The summed E-state index contributed by atoms with van der Waals surface area (Å²) in [5.41, 5.74) is 7.02. The Labute approximate surface area is 98.9 Å². The van der Waals surface area contributed by atoms with Gasteiger partial charge in [0.1, 0.15) is 11.6 Å². The standard InChI is InChI=1S/C12H11N5/c13-7-9-2-1-3-10(6-9)16-8-12-15-5-4-11(14)17-12/h1-6,16H,8H2,(H2,14,15,17). The van der Waals surface area contributed by atoms with Gasteiger partial charge in [-0.15, -0.1) is 0 Å². The minimum Gasteiger partial charge on any atom is -0.384 e. The molecule has 5 nitrogen and oxygen atoms in total. The fourth-order valence-corrected chi connectivity index (χ4v) is 1.38. The Morgan fingerprint density at radius 2 is 2.24 bits per heavy atom. The molecule has 0 radical (unpaired) electrons. The third-order valence-corrected chi connectivity index (χ3v) is 2.17. The van der Waals surface area contributed by atoms with Gasteiger partial charge in [0, 0.05) is 11.9 Å². The van der Waals surface area contributed by atoms with Crippen molar-refractivity contribution in [2.75, 3.05) is 11.1 Å². The van der Waals surface area contributed by atoms with Crippen LogP contribution in [0.4, 0.5) is 11.5 Å². The molecule has 0 atom stereocenters. The monoisotopic (exact) mass is 225 g/mol. The number of aromatic nitrogens is 2. The third-order valence-electron chi connectivity index (χ3n) is 2.17. The van der Waals surface area contributed by atoms with Gasteiger partial charge in [-0.2, -0.15) is 5.26 Å². The fraction of sp³-hybridized carbons (Fsp3) is 0.0833. The molecular weight excluding hydrogens is 214 g/mol. The van der Waals surface area contributed by atoms with Crippen molar-refractivity contribution in [3.8, 4) is 6.07 Å². The molecule has 0 saturated heterocycles. The molecule has 0 fully saturated rings. The number of nitrogen functional groups attached to an aromatic ring is 1. The van der Waals surface area contributed by atoms with Crippen LogP contribution < -0.4 is 11.1 Å². The van der Waals surface area contributed by atoms with Gasteiger partial charge < -0.3 is 11.1 Å².